The van der Waals surface area contributed by atoms with Crippen molar-refractivity contribution in [2.24, 2.45) is 0 Å². The molecule has 3 nitrogen and oxygen atoms in total. The second-order valence-electron chi connectivity index (χ2n) is 2.27. The lowest BCUT2D eigenvalue weighted by Crippen LogP contribution is -2.50. The van der Waals surface area contributed by atoms with Crippen LogP contribution in [0.2, 0.25) is 0 Å². The van der Waals surface area contributed by atoms with Crippen molar-refractivity contribution in [2.75, 3.05) is 0 Å². The first-order valence-electron chi connectivity index (χ1n) is 2.53. The number of alkyl halides is 2. The van der Waals surface area contributed by atoms with E-state index in [1.165, 1.54) is 0 Å². The maximum Gasteiger partial charge on any atom is 0.341 e. The second kappa shape index (κ2) is 2.16. The summed E-state index contributed by atoms with van der Waals surface area (Å²) < 4.78 is 24.2. The van der Waals surface area contributed by atoms with E-state index in [1.807, 2.05) is 0 Å². The van der Waals surface area contributed by atoms with Gasteiger partial charge in [-0.1, -0.05) is 0 Å². The highest BCUT2D eigenvalue weighted by atomic mass is 19.3. The van der Waals surface area contributed by atoms with Crippen molar-refractivity contribution in [3.63, 3.8) is 0 Å². The van der Waals surface area contributed by atoms with E-state index < -0.39 is 17.5 Å². The summed E-state index contributed by atoms with van der Waals surface area (Å²) >= 11 is 0. The Balaban J connectivity index is 4.57. The van der Waals surface area contributed by atoms with E-state index in [0.29, 0.717) is 13.8 Å². The summed E-state index contributed by atoms with van der Waals surface area (Å²) in [7, 11) is 0. The Morgan fingerprint density at radius 3 is 1.70 bits per heavy atom. The van der Waals surface area contributed by atoms with Crippen LogP contribution in [0.3, 0.4) is 0 Å². The van der Waals surface area contributed by atoms with Crippen LogP contribution in [0.4, 0.5) is 8.78 Å². The molecule has 0 aromatic carbocycles. The van der Waals surface area contributed by atoms with Crippen LogP contribution in [0, 0.1) is 0 Å². The van der Waals surface area contributed by atoms with Gasteiger partial charge in [-0.2, -0.15) is 0 Å². The first-order valence-corrected chi connectivity index (χ1v) is 2.53. The minimum Gasteiger partial charge on any atom is -0.479 e. The molecule has 1 atom stereocenters. The predicted molar refractivity (Wildman–Crippen MR) is 28.9 cm³/mol. The first kappa shape index (κ1) is 9.29. The minimum absolute atomic E-state index is 0.348. The number of carboxylic acid groups (broad SMARTS) is 1. The molecule has 0 aliphatic carbocycles. The van der Waals surface area contributed by atoms with Crippen molar-refractivity contribution < 1.29 is 23.8 Å². The molecule has 2 N–H and O–H groups in total. The highest BCUT2D eigenvalue weighted by Gasteiger charge is 2.51. The first-order chi connectivity index (χ1) is 4.19. The van der Waals surface area contributed by atoms with Gasteiger partial charge < -0.3 is 10.2 Å². The quantitative estimate of drug-likeness (QED) is 0.608. The molecule has 0 bridgehead atoms. The van der Waals surface area contributed by atoms with E-state index in [0.717, 1.165) is 0 Å². The standard InChI is InChI=1S/C5H8F2O3/c1-4(10,3(8)9)5(2,6)7/h10H,1-2H3,(H,8,9)/t4-/m0/s1. The topological polar surface area (TPSA) is 57.5 Å². The Hall–Kier alpha value is -0.710. The zero-order valence-corrected chi connectivity index (χ0v) is 5.56. The van der Waals surface area contributed by atoms with Gasteiger partial charge in [-0.15, -0.1) is 0 Å². The molecule has 0 radical (unpaired) electrons. The van der Waals surface area contributed by atoms with Crippen LogP contribution in [0.25, 0.3) is 0 Å². The summed E-state index contributed by atoms with van der Waals surface area (Å²) in [6.45, 7) is 0.899. The summed E-state index contributed by atoms with van der Waals surface area (Å²) in [6, 6.07) is 0. The number of aliphatic hydroxyl groups is 1. The van der Waals surface area contributed by atoms with Gasteiger partial charge in [0.15, 0.2) is 0 Å². The van der Waals surface area contributed by atoms with Gasteiger partial charge in [-0.05, 0) is 6.92 Å². The molecule has 0 heterocycles. The number of carbonyl (C=O) groups is 1. The molecular weight excluding hydrogens is 146 g/mol. The highest BCUT2D eigenvalue weighted by Crippen LogP contribution is 2.27. The third-order valence-electron chi connectivity index (χ3n) is 1.27. The molecule has 0 aliphatic heterocycles. The summed E-state index contributed by atoms with van der Waals surface area (Å²) in [5.41, 5.74) is -2.98. The molecule has 0 saturated carbocycles. The molecule has 0 rings (SSSR count). The fraction of sp³-hybridized carbons (Fsp3) is 0.800. The average molecular weight is 154 g/mol. The number of halogens is 2. The molecule has 0 unspecified atom stereocenters. The van der Waals surface area contributed by atoms with Gasteiger partial charge in [-0.25, -0.2) is 13.6 Å². The molecule has 5 heteroatoms. The van der Waals surface area contributed by atoms with Gasteiger partial charge in [0.2, 0.25) is 5.60 Å². The van der Waals surface area contributed by atoms with Crippen molar-refractivity contribution >= 4 is 5.97 Å². The minimum atomic E-state index is -3.63. The molecule has 0 aromatic rings. The Morgan fingerprint density at radius 2 is 1.70 bits per heavy atom. The number of carboxylic acids is 1. The van der Waals surface area contributed by atoms with E-state index in [9.17, 15) is 13.6 Å². The number of hydrogen-bond acceptors (Lipinski definition) is 2. The fourth-order valence-corrected chi connectivity index (χ4v) is 0.188. The fourth-order valence-electron chi connectivity index (χ4n) is 0.188. The largest absolute Gasteiger partial charge is 0.479 e. The SMILES string of the molecule is CC(F)(F)[C@@](C)(O)C(=O)O. The van der Waals surface area contributed by atoms with Gasteiger partial charge in [-0.3, -0.25) is 0 Å². The lowest BCUT2D eigenvalue weighted by Gasteiger charge is -2.24. The highest BCUT2D eigenvalue weighted by molar-refractivity contribution is 5.77. The Morgan fingerprint density at radius 1 is 1.40 bits per heavy atom. The normalized spacial score (nSPS) is 18.1. The summed E-state index contributed by atoms with van der Waals surface area (Å²) in [4.78, 5) is 9.94. The van der Waals surface area contributed by atoms with Crippen molar-refractivity contribution in [1.82, 2.24) is 0 Å². The Kier molecular flexibility index (Phi) is 2.00. The van der Waals surface area contributed by atoms with Crippen molar-refractivity contribution in [3.05, 3.63) is 0 Å². The van der Waals surface area contributed by atoms with E-state index in [-0.39, 0.29) is 0 Å². The van der Waals surface area contributed by atoms with E-state index in [1.54, 1.807) is 0 Å². The molecule has 0 fully saturated rings. The van der Waals surface area contributed by atoms with Gasteiger partial charge in [0.05, 0.1) is 0 Å². The van der Waals surface area contributed by atoms with Crippen molar-refractivity contribution in [1.29, 1.82) is 0 Å². The molecule has 60 valence electrons. The van der Waals surface area contributed by atoms with E-state index >= 15 is 0 Å². The monoisotopic (exact) mass is 154 g/mol. The maximum absolute atomic E-state index is 12.1. The van der Waals surface area contributed by atoms with Gasteiger partial charge in [0.25, 0.3) is 5.92 Å². The molecule has 0 amide bonds. The molecule has 0 aliphatic rings. The third kappa shape index (κ3) is 1.41. The molecule has 0 spiro atoms. The second-order valence-corrected chi connectivity index (χ2v) is 2.27. The smallest absolute Gasteiger partial charge is 0.341 e. The molecule has 0 saturated heterocycles. The lowest BCUT2D eigenvalue weighted by atomic mass is 10.0. The summed E-state index contributed by atoms with van der Waals surface area (Å²) in [6.07, 6.45) is 0. The van der Waals surface area contributed by atoms with Crippen LogP contribution >= 0.6 is 0 Å². The van der Waals surface area contributed by atoms with Crippen LogP contribution in [0.15, 0.2) is 0 Å². The van der Waals surface area contributed by atoms with Gasteiger partial charge in [0.1, 0.15) is 0 Å². The number of hydrogen-bond donors (Lipinski definition) is 2. The zero-order chi connectivity index (χ0) is 8.58. The third-order valence-corrected chi connectivity index (χ3v) is 1.27. The van der Waals surface area contributed by atoms with Gasteiger partial charge in [0, 0.05) is 6.92 Å². The number of rotatable bonds is 2. The summed E-state index contributed by atoms with van der Waals surface area (Å²) in [5, 5.41) is 16.6. The van der Waals surface area contributed by atoms with Crippen molar-refractivity contribution in [2.45, 2.75) is 25.4 Å². The van der Waals surface area contributed by atoms with E-state index in [4.69, 9.17) is 10.2 Å². The van der Waals surface area contributed by atoms with E-state index in [2.05, 4.69) is 0 Å². The van der Waals surface area contributed by atoms with Crippen molar-refractivity contribution in [3.8, 4) is 0 Å². The molecule has 0 aromatic heterocycles. The van der Waals surface area contributed by atoms with Gasteiger partial charge >= 0.3 is 5.97 Å². The maximum atomic E-state index is 12.1. The lowest BCUT2D eigenvalue weighted by molar-refractivity contribution is -0.195. The van der Waals surface area contributed by atoms with Crippen LogP contribution in [-0.2, 0) is 4.79 Å². The zero-order valence-electron chi connectivity index (χ0n) is 5.56. The van der Waals surface area contributed by atoms with Crippen LogP contribution in [-0.4, -0.2) is 27.7 Å². The van der Waals surface area contributed by atoms with Crippen LogP contribution in [0.1, 0.15) is 13.8 Å². The average Bonchev–Trinajstić information content (AvgIpc) is 1.62. The van der Waals surface area contributed by atoms with Crippen LogP contribution < -0.4 is 0 Å². The Labute approximate surface area is 56.3 Å². The number of aliphatic carboxylic acids is 1. The molecule has 10 heavy (non-hydrogen) atoms. The Bertz CT molecular complexity index is 147. The predicted octanol–water partition coefficient (Wildman–Crippen LogP) is 0.477. The summed E-state index contributed by atoms with van der Waals surface area (Å²) in [5.74, 6) is -5.56. The molecular formula is C5H8F2O3. The van der Waals surface area contributed by atoms with Crippen LogP contribution in [0.5, 0.6) is 0 Å².